The maximum Gasteiger partial charge on any atom is 0.261 e. The van der Waals surface area contributed by atoms with Gasteiger partial charge in [0.2, 0.25) is 0 Å². The summed E-state index contributed by atoms with van der Waals surface area (Å²) in [5.41, 5.74) is 10.1. The van der Waals surface area contributed by atoms with Gasteiger partial charge in [0.1, 0.15) is 6.67 Å². The second-order valence-electron chi connectivity index (χ2n) is 6.65. The zero-order chi connectivity index (χ0) is 20.3. The Hall–Kier alpha value is -2.22. The number of carbonyl (C=O) groups excluding carboxylic acids is 1. The van der Waals surface area contributed by atoms with Gasteiger partial charge in [-0.1, -0.05) is 35.9 Å². The van der Waals surface area contributed by atoms with Crippen molar-refractivity contribution in [1.29, 1.82) is 0 Å². The largest absolute Gasteiger partial charge is 0.347 e. The molecule has 1 aromatic carbocycles. The van der Waals surface area contributed by atoms with Crippen molar-refractivity contribution < 1.29 is 9.18 Å². The minimum atomic E-state index is -0.511. The fourth-order valence-corrected chi connectivity index (χ4v) is 4.15. The van der Waals surface area contributed by atoms with Crippen LogP contribution >= 0.6 is 22.9 Å². The molecule has 1 amide bonds. The molecule has 2 heterocycles. The maximum absolute atomic E-state index is 12.8. The summed E-state index contributed by atoms with van der Waals surface area (Å²) >= 11 is 7.45. The lowest BCUT2D eigenvalue weighted by atomic mass is 10.0. The molecule has 0 saturated heterocycles. The Kier molecular flexibility index (Phi) is 6.49. The predicted octanol–water partition coefficient (Wildman–Crippen LogP) is 3.88. The molecule has 148 valence electrons. The Morgan fingerprint density at radius 1 is 1.39 bits per heavy atom. The van der Waals surface area contributed by atoms with Crippen molar-refractivity contribution in [3.05, 3.63) is 62.4 Å². The first-order valence-corrected chi connectivity index (χ1v) is 10.1. The van der Waals surface area contributed by atoms with Crippen LogP contribution in [-0.2, 0) is 20.1 Å². The molecule has 0 aliphatic heterocycles. The van der Waals surface area contributed by atoms with Crippen LogP contribution in [0.1, 0.15) is 26.4 Å². The molecule has 0 radical (unpaired) electrons. The summed E-state index contributed by atoms with van der Waals surface area (Å²) in [7, 11) is 1.82. The molecule has 0 aliphatic rings. The van der Waals surface area contributed by atoms with E-state index in [4.69, 9.17) is 17.3 Å². The number of hydrogen-bond donors (Lipinski definition) is 2. The molecule has 0 unspecified atom stereocenters. The van der Waals surface area contributed by atoms with E-state index in [9.17, 15) is 9.18 Å². The summed E-state index contributed by atoms with van der Waals surface area (Å²) in [5.74, 6) is -0.181. The third-order valence-corrected chi connectivity index (χ3v) is 5.86. The van der Waals surface area contributed by atoms with E-state index >= 15 is 0 Å². The molecule has 3 aromatic rings. The predicted molar refractivity (Wildman–Crippen MR) is 112 cm³/mol. The van der Waals surface area contributed by atoms with E-state index in [1.165, 1.54) is 11.3 Å². The van der Waals surface area contributed by atoms with E-state index in [1.807, 2.05) is 37.6 Å². The number of aryl methyl sites for hydroxylation is 1. The highest BCUT2D eigenvalue weighted by atomic mass is 35.5. The second-order valence-corrected chi connectivity index (χ2v) is 7.92. The van der Waals surface area contributed by atoms with Crippen molar-refractivity contribution in [2.45, 2.75) is 26.1 Å². The Labute approximate surface area is 172 Å². The van der Waals surface area contributed by atoms with Crippen LogP contribution in [0.5, 0.6) is 0 Å². The van der Waals surface area contributed by atoms with Gasteiger partial charge in [-0.05, 0) is 30.5 Å². The van der Waals surface area contributed by atoms with Crippen LogP contribution < -0.4 is 11.1 Å². The van der Waals surface area contributed by atoms with Crippen molar-refractivity contribution in [2.75, 3.05) is 6.54 Å². The van der Waals surface area contributed by atoms with Gasteiger partial charge in [-0.2, -0.15) is 5.10 Å². The molecule has 0 aliphatic carbocycles. The van der Waals surface area contributed by atoms with E-state index in [-0.39, 0.29) is 11.9 Å². The first-order chi connectivity index (χ1) is 13.4. The number of nitrogens with one attached hydrogen (secondary N) is 1. The zero-order valence-corrected chi connectivity index (χ0v) is 17.3. The summed E-state index contributed by atoms with van der Waals surface area (Å²) in [5, 5.41) is 9.55. The van der Waals surface area contributed by atoms with E-state index in [0.717, 1.165) is 22.4 Å². The molecule has 2 aromatic heterocycles. The number of thiophene rings is 1. The molecular weight excluding hydrogens is 399 g/mol. The highest BCUT2D eigenvalue weighted by Gasteiger charge is 2.18. The van der Waals surface area contributed by atoms with Gasteiger partial charge in [0.25, 0.3) is 5.91 Å². The number of nitrogens with two attached hydrogens (primary N) is 1. The van der Waals surface area contributed by atoms with Gasteiger partial charge in [0, 0.05) is 36.1 Å². The van der Waals surface area contributed by atoms with Gasteiger partial charge < -0.3 is 11.1 Å². The van der Waals surface area contributed by atoms with Crippen molar-refractivity contribution in [3.8, 4) is 11.3 Å². The Balaban J connectivity index is 1.72. The monoisotopic (exact) mass is 420 g/mol. The zero-order valence-electron chi connectivity index (χ0n) is 15.7. The Morgan fingerprint density at radius 2 is 2.14 bits per heavy atom. The number of rotatable bonds is 7. The minimum Gasteiger partial charge on any atom is -0.347 e. The number of amides is 1. The summed E-state index contributed by atoms with van der Waals surface area (Å²) in [6.07, 6.45) is 0.546. The van der Waals surface area contributed by atoms with Gasteiger partial charge in [-0.3, -0.25) is 9.48 Å². The van der Waals surface area contributed by atoms with Gasteiger partial charge in [0.05, 0.1) is 10.6 Å². The van der Waals surface area contributed by atoms with E-state index in [1.54, 1.807) is 16.8 Å². The van der Waals surface area contributed by atoms with Gasteiger partial charge in [-0.15, -0.1) is 11.3 Å². The Bertz CT molecular complexity index is 984. The van der Waals surface area contributed by atoms with Crippen LogP contribution in [0, 0.1) is 6.92 Å². The molecule has 0 bridgehead atoms. The second kappa shape index (κ2) is 8.86. The molecule has 0 fully saturated rings. The number of hydrogen-bond acceptors (Lipinski definition) is 4. The van der Waals surface area contributed by atoms with Crippen LogP contribution in [0.4, 0.5) is 4.39 Å². The fraction of sp³-hybridized carbons (Fsp3) is 0.300. The van der Waals surface area contributed by atoms with Crippen LogP contribution in [0.3, 0.4) is 0 Å². The maximum atomic E-state index is 12.8. The van der Waals surface area contributed by atoms with Crippen molar-refractivity contribution in [2.24, 2.45) is 12.8 Å². The highest BCUT2D eigenvalue weighted by Crippen LogP contribution is 2.31. The van der Waals surface area contributed by atoms with Crippen LogP contribution in [0.25, 0.3) is 11.3 Å². The van der Waals surface area contributed by atoms with Crippen molar-refractivity contribution >= 4 is 28.8 Å². The lowest BCUT2D eigenvalue weighted by Crippen LogP contribution is -2.41. The lowest BCUT2D eigenvalue weighted by molar-refractivity contribution is 0.0942. The quantitative estimate of drug-likeness (QED) is 0.609. The van der Waals surface area contributed by atoms with Gasteiger partial charge in [0.15, 0.2) is 5.15 Å². The van der Waals surface area contributed by atoms with Crippen molar-refractivity contribution in [1.82, 2.24) is 15.1 Å². The molecular formula is C20H22ClFN4OS. The van der Waals surface area contributed by atoms with Crippen LogP contribution in [0.2, 0.25) is 5.15 Å². The van der Waals surface area contributed by atoms with E-state index < -0.39 is 6.67 Å². The summed E-state index contributed by atoms with van der Waals surface area (Å²) in [6.45, 7) is 1.68. The van der Waals surface area contributed by atoms with Gasteiger partial charge in [-0.25, -0.2) is 4.39 Å². The first kappa shape index (κ1) is 20.5. The van der Waals surface area contributed by atoms with E-state index in [2.05, 4.69) is 10.4 Å². The molecule has 3 N–H and O–H groups in total. The first-order valence-electron chi connectivity index (χ1n) is 8.85. The van der Waals surface area contributed by atoms with Crippen molar-refractivity contribution in [3.63, 3.8) is 0 Å². The molecule has 8 heteroatoms. The topological polar surface area (TPSA) is 72.9 Å². The lowest BCUT2D eigenvalue weighted by Gasteiger charge is -2.16. The standard InChI is InChI=1S/C20H22ClFN4OS/c1-12-18(26(2)25-19(12)21)15-8-17(28-11-15)20(27)24-16(10-23)7-13-4-3-5-14(6-13)9-22/h3-6,8,11,16H,7,9-10,23H2,1-2H3,(H,24,27)/t16-/m0/s1. The molecule has 1 atom stereocenters. The molecule has 3 rings (SSSR count). The van der Waals surface area contributed by atoms with Gasteiger partial charge >= 0.3 is 0 Å². The summed E-state index contributed by atoms with van der Waals surface area (Å²) in [4.78, 5) is 13.3. The number of nitrogens with zero attached hydrogens (tertiary/aromatic N) is 2. The number of aromatic nitrogens is 2. The smallest absolute Gasteiger partial charge is 0.261 e. The van der Waals surface area contributed by atoms with Crippen LogP contribution in [0.15, 0.2) is 35.7 Å². The minimum absolute atomic E-state index is 0.181. The average molecular weight is 421 g/mol. The third-order valence-electron chi connectivity index (χ3n) is 4.57. The average Bonchev–Trinajstić information content (AvgIpc) is 3.26. The molecule has 28 heavy (non-hydrogen) atoms. The fourth-order valence-electron chi connectivity index (χ4n) is 3.15. The van der Waals surface area contributed by atoms with E-state index in [0.29, 0.717) is 28.6 Å². The normalized spacial score (nSPS) is 12.2. The molecule has 0 saturated carbocycles. The highest BCUT2D eigenvalue weighted by molar-refractivity contribution is 7.12. The number of benzene rings is 1. The number of carbonyl (C=O) groups is 1. The SMILES string of the molecule is Cc1c(Cl)nn(C)c1-c1csc(C(=O)N[C@H](CN)Cc2cccc(CF)c2)c1. The number of halogens is 2. The summed E-state index contributed by atoms with van der Waals surface area (Å²) in [6, 6.07) is 8.85. The molecule has 0 spiro atoms. The molecule has 5 nitrogen and oxygen atoms in total. The third kappa shape index (κ3) is 4.43. The number of alkyl halides is 1. The summed E-state index contributed by atoms with van der Waals surface area (Å²) < 4.78 is 14.6. The Morgan fingerprint density at radius 3 is 2.79 bits per heavy atom. The van der Waals surface area contributed by atoms with Crippen LogP contribution in [-0.4, -0.2) is 28.3 Å².